The zero-order valence-electron chi connectivity index (χ0n) is 10.7. The molecule has 0 atom stereocenters. The fraction of sp³-hybridized carbons (Fsp3) is 0.917. The second kappa shape index (κ2) is 8.70. The van der Waals surface area contributed by atoms with E-state index in [4.69, 9.17) is 5.26 Å². The van der Waals surface area contributed by atoms with Gasteiger partial charge in [-0.1, -0.05) is 13.8 Å². The van der Waals surface area contributed by atoms with E-state index in [1.54, 1.807) is 0 Å². The van der Waals surface area contributed by atoms with Gasteiger partial charge >= 0.3 is 0 Å². The van der Waals surface area contributed by atoms with Crippen molar-refractivity contribution < 1.29 is 0 Å². The van der Waals surface area contributed by atoms with Gasteiger partial charge < -0.3 is 9.80 Å². The summed E-state index contributed by atoms with van der Waals surface area (Å²) in [5.41, 5.74) is 0. The maximum Gasteiger partial charge on any atom is 0.0622 e. The molecule has 0 aromatic carbocycles. The van der Waals surface area contributed by atoms with Gasteiger partial charge in [-0.05, 0) is 33.0 Å². The fourth-order valence-electron chi connectivity index (χ4n) is 1.53. The third-order valence-corrected chi connectivity index (χ3v) is 2.25. The molecule has 3 heteroatoms. The average molecular weight is 211 g/mol. The van der Waals surface area contributed by atoms with E-state index >= 15 is 0 Å². The Morgan fingerprint density at radius 2 is 1.80 bits per heavy atom. The van der Waals surface area contributed by atoms with Crippen molar-refractivity contribution in [1.82, 2.24) is 9.80 Å². The van der Waals surface area contributed by atoms with Crippen molar-refractivity contribution >= 4 is 0 Å². The molecule has 0 heterocycles. The smallest absolute Gasteiger partial charge is 0.0622 e. The second-order valence-corrected chi connectivity index (χ2v) is 4.76. The van der Waals surface area contributed by atoms with Gasteiger partial charge in [-0.25, -0.2) is 0 Å². The van der Waals surface area contributed by atoms with Crippen molar-refractivity contribution in [2.24, 2.45) is 5.92 Å². The largest absolute Gasteiger partial charge is 0.308 e. The minimum absolute atomic E-state index is 0.677. The van der Waals surface area contributed by atoms with Crippen LogP contribution in [-0.4, -0.2) is 50.1 Å². The van der Waals surface area contributed by atoms with Crippen molar-refractivity contribution in [2.45, 2.75) is 26.7 Å². The van der Waals surface area contributed by atoms with E-state index in [0.29, 0.717) is 12.3 Å². The van der Waals surface area contributed by atoms with Crippen LogP contribution in [0.1, 0.15) is 26.7 Å². The van der Waals surface area contributed by atoms with Gasteiger partial charge in [0.2, 0.25) is 0 Å². The molecular formula is C12H25N3. The van der Waals surface area contributed by atoms with E-state index in [0.717, 1.165) is 32.6 Å². The Balaban J connectivity index is 3.79. The Morgan fingerprint density at radius 1 is 1.13 bits per heavy atom. The molecule has 0 aromatic heterocycles. The van der Waals surface area contributed by atoms with Gasteiger partial charge in [0.15, 0.2) is 0 Å². The standard InChI is InChI=1S/C12H25N3/c1-12(2)11-15(8-6-5-7-13)10-9-14(3)4/h12H,5-6,8-11H2,1-4H3. The van der Waals surface area contributed by atoms with Crippen LogP contribution in [-0.2, 0) is 0 Å². The molecule has 0 spiro atoms. The van der Waals surface area contributed by atoms with E-state index in [1.807, 2.05) is 0 Å². The Hall–Kier alpha value is -0.590. The Morgan fingerprint density at radius 3 is 2.27 bits per heavy atom. The highest BCUT2D eigenvalue weighted by Crippen LogP contribution is 2.01. The van der Waals surface area contributed by atoms with E-state index in [9.17, 15) is 0 Å². The molecule has 0 N–H and O–H groups in total. The predicted molar refractivity (Wildman–Crippen MR) is 64.7 cm³/mol. The van der Waals surface area contributed by atoms with Gasteiger partial charge in [0, 0.05) is 26.1 Å². The zero-order valence-corrected chi connectivity index (χ0v) is 10.7. The highest BCUT2D eigenvalue weighted by Gasteiger charge is 2.07. The lowest BCUT2D eigenvalue weighted by atomic mass is 10.2. The van der Waals surface area contributed by atoms with Crippen molar-refractivity contribution in [3.8, 4) is 6.07 Å². The van der Waals surface area contributed by atoms with Crippen LogP contribution < -0.4 is 0 Å². The highest BCUT2D eigenvalue weighted by atomic mass is 15.2. The zero-order chi connectivity index (χ0) is 11.7. The first-order valence-electron chi connectivity index (χ1n) is 5.80. The van der Waals surface area contributed by atoms with E-state index in [-0.39, 0.29) is 0 Å². The van der Waals surface area contributed by atoms with Gasteiger partial charge in [0.25, 0.3) is 0 Å². The molecule has 0 fully saturated rings. The number of likely N-dealkylation sites (N-methyl/N-ethyl adjacent to an activating group) is 1. The minimum Gasteiger partial charge on any atom is -0.308 e. The van der Waals surface area contributed by atoms with Gasteiger partial charge in [-0.3, -0.25) is 0 Å². The van der Waals surface area contributed by atoms with Crippen LogP contribution in [0.4, 0.5) is 0 Å². The van der Waals surface area contributed by atoms with Crippen molar-refractivity contribution in [1.29, 1.82) is 5.26 Å². The third-order valence-electron chi connectivity index (χ3n) is 2.25. The fourth-order valence-corrected chi connectivity index (χ4v) is 1.53. The van der Waals surface area contributed by atoms with Crippen molar-refractivity contribution in [3.05, 3.63) is 0 Å². The number of rotatable bonds is 8. The van der Waals surface area contributed by atoms with Gasteiger partial charge in [0.1, 0.15) is 0 Å². The molecule has 0 rings (SSSR count). The number of hydrogen-bond donors (Lipinski definition) is 0. The highest BCUT2D eigenvalue weighted by molar-refractivity contribution is 4.71. The summed E-state index contributed by atoms with van der Waals surface area (Å²) in [5, 5.41) is 8.50. The summed E-state index contributed by atoms with van der Waals surface area (Å²) in [7, 11) is 4.20. The lowest BCUT2D eigenvalue weighted by molar-refractivity contribution is 0.217. The van der Waals surface area contributed by atoms with E-state index < -0.39 is 0 Å². The van der Waals surface area contributed by atoms with Gasteiger partial charge in [-0.15, -0.1) is 0 Å². The first-order valence-corrected chi connectivity index (χ1v) is 5.80. The maximum absolute atomic E-state index is 8.50. The lowest BCUT2D eigenvalue weighted by Crippen LogP contribution is -2.35. The first-order chi connectivity index (χ1) is 7.06. The molecule has 0 aliphatic carbocycles. The molecule has 0 saturated carbocycles. The van der Waals surface area contributed by atoms with Crippen LogP contribution >= 0.6 is 0 Å². The monoisotopic (exact) mass is 211 g/mol. The number of hydrogen-bond acceptors (Lipinski definition) is 3. The summed E-state index contributed by atoms with van der Waals surface area (Å²) >= 11 is 0. The predicted octanol–water partition coefficient (Wildman–Crippen LogP) is 1.81. The molecular weight excluding hydrogens is 186 g/mol. The summed E-state index contributed by atoms with van der Waals surface area (Å²) in [5.74, 6) is 0.703. The lowest BCUT2D eigenvalue weighted by Gasteiger charge is -2.25. The molecule has 0 bridgehead atoms. The normalized spacial score (nSPS) is 11.3. The summed E-state index contributed by atoms with van der Waals surface area (Å²) in [6, 6.07) is 2.20. The van der Waals surface area contributed by atoms with Crippen LogP contribution in [0, 0.1) is 17.2 Å². The van der Waals surface area contributed by atoms with Crippen molar-refractivity contribution in [2.75, 3.05) is 40.3 Å². The van der Waals surface area contributed by atoms with E-state index in [1.165, 1.54) is 0 Å². The van der Waals surface area contributed by atoms with Gasteiger partial charge in [-0.2, -0.15) is 5.26 Å². The van der Waals surface area contributed by atoms with Crippen molar-refractivity contribution in [3.63, 3.8) is 0 Å². The summed E-state index contributed by atoms with van der Waals surface area (Å²) in [6.07, 6.45) is 1.67. The van der Waals surface area contributed by atoms with Crippen LogP contribution in [0.5, 0.6) is 0 Å². The van der Waals surface area contributed by atoms with Gasteiger partial charge in [0.05, 0.1) is 6.07 Å². The number of unbranched alkanes of at least 4 members (excludes halogenated alkanes) is 1. The Labute approximate surface area is 94.7 Å². The second-order valence-electron chi connectivity index (χ2n) is 4.76. The molecule has 3 nitrogen and oxygen atoms in total. The number of nitrogens with zero attached hydrogens (tertiary/aromatic N) is 3. The summed E-state index contributed by atoms with van der Waals surface area (Å²) in [6.45, 7) is 8.88. The Bertz CT molecular complexity index is 182. The summed E-state index contributed by atoms with van der Waals surface area (Å²) < 4.78 is 0. The van der Waals surface area contributed by atoms with Crippen LogP contribution in [0.15, 0.2) is 0 Å². The molecule has 0 radical (unpaired) electrons. The average Bonchev–Trinajstić information content (AvgIpc) is 2.13. The third kappa shape index (κ3) is 9.71. The molecule has 0 unspecified atom stereocenters. The quantitative estimate of drug-likeness (QED) is 0.574. The Kier molecular flexibility index (Phi) is 8.35. The number of nitriles is 1. The SMILES string of the molecule is CC(C)CN(CCCC#N)CCN(C)C. The molecule has 0 saturated heterocycles. The van der Waals surface area contributed by atoms with Crippen LogP contribution in [0.2, 0.25) is 0 Å². The van der Waals surface area contributed by atoms with Crippen LogP contribution in [0.3, 0.4) is 0 Å². The molecule has 88 valence electrons. The molecule has 0 amide bonds. The molecule has 15 heavy (non-hydrogen) atoms. The first kappa shape index (κ1) is 14.4. The summed E-state index contributed by atoms with van der Waals surface area (Å²) in [4.78, 5) is 4.67. The van der Waals surface area contributed by atoms with Crippen LogP contribution in [0.25, 0.3) is 0 Å². The molecule has 0 aliphatic rings. The molecule has 0 aromatic rings. The topological polar surface area (TPSA) is 30.3 Å². The molecule has 0 aliphatic heterocycles. The maximum atomic E-state index is 8.50. The minimum atomic E-state index is 0.677. The van der Waals surface area contributed by atoms with E-state index in [2.05, 4.69) is 43.8 Å².